The van der Waals surface area contributed by atoms with E-state index in [0.717, 1.165) is 11.4 Å². The molecule has 15 heavy (non-hydrogen) atoms. The minimum atomic E-state index is 0.218. The van der Waals surface area contributed by atoms with E-state index >= 15 is 0 Å². The number of nitrogen functional groups attached to an aromatic ring is 1. The van der Waals surface area contributed by atoms with Crippen LogP contribution in [0.1, 0.15) is 0 Å². The van der Waals surface area contributed by atoms with Crippen molar-refractivity contribution in [1.82, 2.24) is 9.97 Å². The standard InChI is InChI=1S/C10H9ClN4/c11-10-13-6-5-9(15-10)14-8-3-1-7(12)2-4-8/h1-6H,12H2,(H,13,14,15). The zero-order chi connectivity index (χ0) is 10.7. The quantitative estimate of drug-likeness (QED) is 0.603. The number of halogens is 1. The van der Waals surface area contributed by atoms with Gasteiger partial charge in [-0.1, -0.05) is 0 Å². The number of aromatic nitrogens is 2. The maximum atomic E-state index is 5.65. The van der Waals surface area contributed by atoms with Gasteiger partial charge in [0.15, 0.2) is 0 Å². The SMILES string of the molecule is Nc1ccc(Nc2ccnc(Cl)n2)cc1. The van der Waals surface area contributed by atoms with Gasteiger partial charge in [0.2, 0.25) is 5.28 Å². The van der Waals surface area contributed by atoms with Gasteiger partial charge in [0.1, 0.15) is 5.82 Å². The highest BCUT2D eigenvalue weighted by Gasteiger charge is 1.97. The molecule has 1 aromatic carbocycles. The lowest BCUT2D eigenvalue weighted by atomic mass is 10.3. The molecule has 0 amide bonds. The number of benzene rings is 1. The minimum Gasteiger partial charge on any atom is -0.399 e. The Labute approximate surface area is 92.1 Å². The predicted octanol–water partition coefficient (Wildman–Crippen LogP) is 2.46. The van der Waals surface area contributed by atoms with E-state index in [1.807, 2.05) is 24.3 Å². The first-order valence-corrected chi connectivity index (χ1v) is 4.73. The Morgan fingerprint density at radius 2 is 1.87 bits per heavy atom. The molecule has 2 rings (SSSR count). The summed E-state index contributed by atoms with van der Waals surface area (Å²) < 4.78 is 0. The van der Waals surface area contributed by atoms with Crippen LogP contribution in [-0.4, -0.2) is 9.97 Å². The van der Waals surface area contributed by atoms with E-state index in [1.165, 1.54) is 0 Å². The van der Waals surface area contributed by atoms with Crippen LogP contribution in [0.25, 0.3) is 0 Å². The Balaban J connectivity index is 2.18. The Hall–Kier alpha value is -1.81. The van der Waals surface area contributed by atoms with Gasteiger partial charge in [0.25, 0.3) is 0 Å². The molecule has 2 aromatic rings. The van der Waals surface area contributed by atoms with Gasteiger partial charge in [0, 0.05) is 17.6 Å². The molecule has 0 unspecified atom stereocenters. The first-order chi connectivity index (χ1) is 7.24. The number of nitrogens with zero attached hydrogens (tertiary/aromatic N) is 2. The second-order valence-corrected chi connectivity index (χ2v) is 3.30. The fourth-order valence-electron chi connectivity index (χ4n) is 1.12. The van der Waals surface area contributed by atoms with Crippen molar-refractivity contribution in [2.75, 3.05) is 11.1 Å². The number of rotatable bonds is 2. The van der Waals surface area contributed by atoms with E-state index in [0.29, 0.717) is 5.82 Å². The summed E-state index contributed by atoms with van der Waals surface area (Å²) in [4.78, 5) is 7.79. The van der Waals surface area contributed by atoms with Crippen LogP contribution in [0.4, 0.5) is 17.2 Å². The lowest BCUT2D eigenvalue weighted by molar-refractivity contribution is 1.17. The molecule has 1 heterocycles. The average Bonchev–Trinajstić information content (AvgIpc) is 2.22. The van der Waals surface area contributed by atoms with E-state index in [1.54, 1.807) is 12.3 Å². The van der Waals surface area contributed by atoms with Crippen LogP contribution in [0.2, 0.25) is 5.28 Å². The summed E-state index contributed by atoms with van der Waals surface area (Å²) in [5, 5.41) is 3.30. The first-order valence-electron chi connectivity index (χ1n) is 4.35. The summed E-state index contributed by atoms with van der Waals surface area (Å²) in [5.41, 5.74) is 7.19. The number of nitrogens with two attached hydrogens (primary N) is 1. The predicted molar refractivity (Wildman–Crippen MR) is 61.2 cm³/mol. The molecule has 5 heteroatoms. The lowest BCUT2D eigenvalue weighted by Crippen LogP contribution is -1.94. The molecule has 0 saturated carbocycles. The van der Waals surface area contributed by atoms with Gasteiger partial charge in [-0.05, 0) is 41.9 Å². The molecule has 0 saturated heterocycles. The molecular weight excluding hydrogens is 212 g/mol. The first kappa shape index (κ1) is 9.73. The van der Waals surface area contributed by atoms with Crippen LogP contribution < -0.4 is 11.1 Å². The number of hydrogen-bond acceptors (Lipinski definition) is 4. The van der Waals surface area contributed by atoms with Crippen LogP contribution >= 0.6 is 11.6 Å². The van der Waals surface area contributed by atoms with E-state index in [4.69, 9.17) is 17.3 Å². The third kappa shape index (κ3) is 2.57. The van der Waals surface area contributed by atoms with Gasteiger partial charge in [-0.15, -0.1) is 0 Å². The van der Waals surface area contributed by atoms with Gasteiger partial charge < -0.3 is 11.1 Å². The molecule has 0 aliphatic rings. The van der Waals surface area contributed by atoms with Crippen LogP contribution in [0.5, 0.6) is 0 Å². The second-order valence-electron chi connectivity index (χ2n) is 2.96. The molecule has 0 spiro atoms. The fraction of sp³-hybridized carbons (Fsp3) is 0. The minimum absolute atomic E-state index is 0.218. The Morgan fingerprint density at radius 3 is 2.53 bits per heavy atom. The Kier molecular flexibility index (Phi) is 2.69. The summed E-state index contributed by atoms with van der Waals surface area (Å²) in [6.07, 6.45) is 1.59. The number of hydrogen-bond donors (Lipinski definition) is 2. The third-order valence-corrected chi connectivity index (χ3v) is 1.99. The monoisotopic (exact) mass is 220 g/mol. The highest BCUT2D eigenvalue weighted by atomic mass is 35.5. The van der Waals surface area contributed by atoms with Gasteiger partial charge in [-0.3, -0.25) is 0 Å². The summed E-state index contributed by atoms with van der Waals surface area (Å²) in [6, 6.07) is 9.09. The molecule has 0 aliphatic carbocycles. The largest absolute Gasteiger partial charge is 0.399 e. The number of anilines is 3. The third-order valence-electron chi connectivity index (χ3n) is 1.81. The van der Waals surface area contributed by atoms with Crippen molar-refractivity contribution in [3.63, 3.8) is 0 Å². The van der Waals surface area contributed by atoms with E-state index in [-0.39, 0.29) is 5.28 Å². The zero-order valence-corrected chi connectivity index (χ0v) is 8.57. The molecule has 0 radical (unpaired) electrons. The smallest absolute Gasteiger partial charge is 0.224 e. The molecule has 0 atom stereocenters. The Bertz CT molecular complexity index is 455. The van der Waals surface area contributed by atoms with Crippen molar-refractivity contribution in [2.24, 2.45) is 0 Å². The normalized spacial score (nSPS) is 9.93. The van der Waals surface area contributed by atoms with E-state index in [2.05, 4.69) is 15.3 Å². The number of nitrogens with one attached hydrogen (secondary N) is 1. The molecule has 4 nitrogen and oxygen atoms in total. The zero-order valence-electron chi connectivity index (χ0n) is 7.81. The van der Waals surface area contributed by atoms with Crippen molar-refractivity contribution in [2.45, 2.75) is 0 Å². The summed E-state index contributed by atoms with van der Waals surface area (Å²) in [5.74, 6) is 0.653. The van der Waals surface area contributed by atoms with Crippen LogP contribution in [-0.2, 0) is 0 Å². The topological polar surface area (TPSA) is 63.8 Å². The van der Waals surface area contributed by atoms with Crippen molar-refractivity contribution in [3.8, 4) is 0 Å². The van der Waals surface area contributed by atoms with E-state index < -0.39 is 0 Å². The fourth-order valence-corrected chi connectivity index (χ4v) is 1.27. The van der Waals surface area contributed by atoms with Gasteiger partial charge in [-0.25, -0.2) is 9.97 Å². The molecule has 76 valence electrons. The average molecular weight is 221 g/mol. The van der Waals surface area contributed by atoms with Gasteiger partial charge in [0.05, 0.1) is 0 Å². The maximum Gasteiger partial charge on any atom is 0.224 e. The van der Waals surface area contributed by atoms with Gasteiger partial charge in [-0.2, -0.15) is 0 Å². The summed E-state index contributed by atoms with van der Waals surface area (Å²) in [7, 11) is 0. The maximum absolute atomic E-state index is 5.65. The van der Waals surface area contributed by atoms with Gasteiger partial charge >= 0.3 is 0 Å². The van der Waals surface area contributed by atoms with Crippen LogP contribution in [0.15, 0.2) is 36.5 Å². The summed E-state index contributed by atoms with van der Waals surface area (Å²) in [6.45, 7) is 0. The van der Waals surface area contributed by atoms with Crippen LogP contribution in [0.3, 0.4) is 0 Å². The molecule has 0 bridgehead atoms. The highest BCUT2D eigenvalue weighted by molar-refractivity contribution is 6.28. The molecule has 1 aromatic heterocycles. The van der Waals surface area contributed by atoms with Crippen LogP contribution in [0, 0.1) is 0 Å². The van der Waals surface area contributed by atoms with Crippen molar-refractivity contribution in [3.05, 3.63) is 41.8 Å². The molecule has 0 aliphatic heterocycles. The molecular formula is C10H9ClN4. The molecule has 0 fully saturated rings. The highest BCUT2D eigenvalue weighted by Crippen LogP contribution is 2.16. The van der Waals surface area contributed by atoms with Crippen molar-refractivity contribution >= 4 is 28.8 Å². The Morgan fingerprint density at radius 1 is 1.13 bits per heavy atom. The molecule has 3 N–H and O–H groups in total. The summed E-state index contributed by atoms with van der Waals surface area (Å²) >= 11 is 5.65. The second kappa shape index (κ2) is 4.14. The van der Waals surface area contributed by atoms with Crippen molar-refractivity contribution < 1.29 is 0 Å². The lowest BCUT2D eigenvalue weighted by Gasteiger charge is -2.05. The van der Waals surface area contributed by atoms with E-state index in [9.17, 15) is 0 Å². The van der Waals surface area contributed by atoms with Crippen molar-refractivity contribution in [1.29, 1.82) is 0 Å².